The fourth-order valence-electron chi connectivity index (χ4n) is 8.65. The Hall–Kier alpha value is -4.24. The van der Waals surface area contributed by atoms with Gasteiger partial charge in [-0.2, -0.15) is 0 Å². The van der Waals surface area contributed by atoms with Crippen molar-refractivity contribution in [2.45, 2.75) is 97.8 Å². The summed E-state index contributed by atoms with van der Waals surface area (Å²) >= 11 is 0. The van der Waals surface area contributed by atoms with Crippen molar-refractivity contribution < 1.29 is 4.42 Å². The van der Waals surface area contributed by atoms with Crippen LogP contribution in [-0.4, -0.2) is 6.71 Å². The molecule has 5 aromatic carbocycles. The van der Waals surface area contributed by atoms with E-state index in [-0.39, 0.29) is 28.4 Å². The summed E-state index contributed by atoms with van der Waals surface area (Å²) in [6.45, 7) is 25.9. The molecule has 3 heteroatoms. The van der Waals surface area contributed by atoms with Crippen LogP contribution in [0.25, 0.3) is 21.9 Å². The lowest BCUT2D eigenvalue weighted by molar-refractivity contribution is 0.552. The molecule has 0 fully saturated rings. The summed E-state index contributed by atoms with van der Waals surface area (Å²) in [5.41, 5.74) is 16.7. The highest BCUT2D eigenvalue weighted by Gasteiger charge is 2.49. The number of hydrogen-bond donors (Lipinski definition) is 0. The van der Waals surface area contributed by atoms with Gasteiger partial charge in [0.15, 0.2) is 0 Å². The van der Waals surface area contributed by atoms with Crippen molar-refractivity contribution >= 4 is 62.1 Å². The van der Waals surface area contributed by atoms with Gasteiger partial charge in [-0.1, -0.05) is 136 Å². The molecule has 2 nitrogen and oxygen atoms in total. The van der Waals surface area contributed by atoms with E-state index in [1.807, 2.05) is 0 Å². The largest absolute Gasteiger partial charge is 0.456 e. The lowest BCUT2D eigenvalue weighted by atomic mass is 9.29. The van der Waals surface area contributed by atoms with Gasteiger partial charge in [0.1, 0.15) is 11.2 Å². The topological polar surface area (TPSA) is 16.4 Å². The highest BCUT2D eigenvalue weighted by Crippen LogP contribution is 2.47. The molecule has 0 radical (unpaired) electrons. The van der Waals surface area contributed by atoms with Crippen LogP contribution in [0, 0.1) is 0 Å². The Morgan fingerprint density at radius 3 is 1.92 bits per heavy atom. The van der Waals surface area contributed by atoms with Crippen LogP contribution in [0.15, 0.2) is 95.4 Å². The smallest absolute Gasteiger partial charge is 0.248 e. The van der Waals surface area contributed by atoms with E-state index in [4.69, 9.17) is 4.42 Å². The molecule has 0 saturated heterocycles. The van der Waals surface area contributed by atoms with Crippen molar-refractivity contribution in [3.63, 3.8) is 0 Å². The molecular formula is C45H48BNO. The molecule has 8 rings (SSSR count). The maximum absolute atomic E-state index is 6.58. The van der Waals surface area contributed by atoms with E-state index in [0.29, 0.717) is 0 Å². The molecule has 242 valence electrons. The SMILES string of the molecule is CC(C)(C)c1ccc(N2c3ccc(C(C)(C)C)cc3B3c4c2ccc(C(C)(C)C)c4C(C)(C)c2ccc4oc5ccccc5c4c23)cc1. The van der Waals surface area contributed by atoms with E-state index < -0.39 is 0 Å². The van der Waals surface area contributed by atoms with Gasteiger partial charge in [-0.3, -0.25) is 0 Å². The second kappa shape index (κ2) is 9.91. The molecule has 48 heavy (non-hydrogen) atoms. The lowest BCUT2D eigenvalue weighted by Crippen LogP contribution is -2.65. The van der Waals surface area contributed by atoms with Crippen LogP contribution < -0.4 is 21.3 Å². The minimum atomic E-state index is -0.229. The first-order valence-corrected chi connectivity index (χ1v) is 17.7. The summed E-state index contributed by atoms with van der Waals surface area (Å²) in [5, 5.41) is 2.46. The second-order valence-corrected chi connectivity index (χ2v) is 17.9. The highest BCUT2D eigenvalue weighted by atomic mass is 16.3. The van der Waals surface area contributed by atoms with Crippen LogP contribution in [0.4, 0.5) is 17.1 Å². The summed E-state index contributed by atoms with van der Waals surface area (Å²) < 4.78 is 6.58. The summed E-state index contributed by atoms with van der Waals surface area (Å²) in [6, 6.07) is 34.6. The zero-order valence-electron chi connectivity index (χ0n) is 30.6. The predicted molar refractivity (Wildman–Crippen MR) is 208 cm³/mol. The molecule has 3 heterocycles. The first kappa shape index (κ1) is 31.1. The van der Waals surface area contributed by atoms with E-state index >= 15 is 0 Å². The van der Waals surface area contributed by atoms with E-state index in [1.165, 1.54) is 72.0 Å². The molecule has 2 aliphatic rings. The van der Waals surface area contributed by atoms with Gasteiger partial charge in [0.05, 0.1) is 0 Å². The maximum Gasteiger partial charge on any atom is 0.248 e. The Morgan fingerprint density at radius 1 is 0.604 bits per heavy atom. The molecule has 0 bridgehead atoms. The minimum absolute atomic E-state index is 0.00962. The first-order chi connectivity index (χ1) is 22.5. The summed E-state index contributed by atoms with van der Waals surface area (Å²) in [4.78, 5) is 2.55. The Labute approximate surface area is 287 Å². The molecule has 0 spiro atoms. The standard InChI is InChI=1S/C45H48BNO/c1-42(2,3)27-16-19-29(20-17-27)47-34-23-18-28(43(4,5)6)26-33(34)46-40-32(22-25-37-38(40)30-14-12-13-15-36(30)48-37)45(10,11)39-31(44(7,8)9)21-24-35(47)41(39)46/h12-26H,1-11H3. The normalized spacial score (nSPS) is 15.5. The fraction of sp³-hybridized carbons (Fsp3) is 0.333. The number of nitrogens with zero attached hydrogens (tertiary/aromatic N) is 1. The third-order valence-corrected chi connectivity index (χ3v) is 11.2. The first-order valence-electron chi connectivity index (χ1n) is 17.7. The number of fused-ring (bicyclic) bond motifs is 8. The van der Waals surface area contributed by atoms with Crippen LogP contribution in [0.3, 0.4) is 0 Å². The van der Waals surface area contributed by atoms with Crippen LogP contribution in [0.5, 0.6) is 0 Å². The van der Waals surface area contributed by atoms with E-state index in [1.54, 1.807) is 0 Å². The molecule has 6 aromatic rings. The van der Waals surface area contributed by atoms with E-state index in [0.717, 1.165) is 11.2 Å². The predicted octanol–water partition coefficient (Wildman–Crippen LogP) is 10.4. The number of para-hydroxylation sites is 1. The molecule has 0 atom stereocenters. The number of benzene rings is 5. The Morgan fingerprint density at radius 2 is 1.25 bits per heavy atom. The maximum atomic E-state index is 6.58. The molecule has 0 N–H and O–H groups in total. The third-order valence-electron chi connectivity index (χ3n) is 11.2. The molecule has 0 saturated carbocycles. The number of furan rings is 1. The van der Waals surface area contributed by atoms with Gasteiger partial charge in [-0.15, -0.1) is 0 Å². The summed E-state index contributed by atoms with van der Waals surface area (Å²) in [7, 11) is 0. The Balaban J connectivity index is 1.54. The lowest BCUT2D eigenvalue weighted by Gasteiger charge is -2.48. The van der Waals surface area contributed by atoms with Crippen LogP contribution in [0.2, 0.25) is 0 Å². The van der Waals surface area contributed by atoms with E-state index in [2.05, 4.69) is 172 Å². The van der Waals surface area contributed by atoms with Crippen LogP contribution in [0.1, 0.15) is 104 Å². The minimum Gasteiger partial charge on any atom is -0.456 e. The van der Waals surface area contributed by atoms with Gasteiger partial charge in [-0.25, -0.2) is 0 Å². The summed E-state index contributed by atoms with van der Waals surface area (Å²) in [5.74, 6) is 0. The van der Waals surface area contributed by atoms with Crippen LogP contribution in [-0.2, 0) is 21.7 Å². The number of hydrogen-bond acceptors (Lipinski definition) is 2. The highest BCUT2D eigenvalue weighted by molar-refractivity contribution is 7.00. The zero-order chi connectivity index (χ0) is 34.1. The van der Waals surface area contributed by atoms with Gasteiger partial charge in [-0.05, 0) is 91.4 Å². The average Bonchev–Trinajstić information content (AvgIpc) is 3.40. The van der Waals surface area contributed by atoms with Crippen molar-refractivity contribution in [3.05, 3.63) is 119 Å². The summed E-state index contributed by atoms with van der Waals surface area (Å²) in [6.07, 6.45) is 0. The van der Waals surface area contributed by atoms with Gasteiger partial charge < -0.3 is 9.32 Å². The molecule has 0 unspecified atom stereocenters. The van der Waals surface area contributed by atoms with Crippen molar-refractivity contribution in [1.29, 1.82) is 0 Å². The molecule has 1 aromatic heterocycles. The second-order valence-electron chi connectivity index (χ2n) is 17.9. The van der Waals surface area contributed by atoms with Crippen molar-refractivity contribution in [2.24, 2.45) is 0 Å². The number of rotatable bonds is 1. The molecule has 0 aliphatic carbocycles. The van der Waals surface area contributed by atoms with Gasteiger partial charge in [0, 0.05) is 33.2 Å². The Bertz CT molecular complexity index is 2260. The quantitative estimate of drug-likeness (QED) is 0.168. The monoisotopic (exact) mass is 629 g/mol. The fourth-order valence-corrected chi connectivity index (χ4v) is 8.65. The van der Waals surface area contributed by atoms with Gasteiger partial charge >= 0.3 is 0 Å². The van der Waals surface area contributed by atoms with E-state index in [9.17, 15) is 0 Å². The molecule has 2 aliphatic heterocycles. The average molecular weight is 630 g/mol. The van der Waals surface area contributed by atoms with Crippen molar-refractivity contribution in [2.75, 3.05) is 4.90 Å². The van der Waals surface area contributed by atoms with Gasteiger partial charge in [0.25, 0.3) is 0 Å². The van der Waals surface area contributed by atoms with Gasteiger partial charge in [0.2, 0.25) is 6.71 Å². The molecular weight excluding hydrogens is 581 g/mol. The zero-order valence-corrected chi connectivity index (χ0v) is 30.6. The Kier molecular flexibility index (Phi) is 6.41. The molecule has 0 amide bonds. The van der Waals surface area contributed by atoms with Crippen molar-refractivity contribution in [3.8, 4) is 0 Å². The van der Waals surface area contributed by atoms with Crippen LogP contribution >= 0.6 is 0 Å². The van der Waals surface area contributed by atoms with Crippen molar-refractivity contribution in [1.82, 2.24) is 0 Å². The number of anilines is 3. The third kappa shape index (κ3) is 4.39.